The molecule has 23 heavy (non-hydrogen) atoms. The van der Waals surface area contributed by atoms with Crippen LogP contribution in [0, 0.1) is 6.92 Å². The number of amides is 1. The maximum atomic E-state index is 12.9. The van der Waals surface area contributed by atoms with Gasteiger partial charge in [-0.15, -0.1) is 11.8 Å². The van der Waals surface area contributed by atoms with E-state index in [-0.39, 0.29) is 5.25 Å². The summed E-state index contributed by atoms with van der Waals surface area (Å²) < 4.78 is 2.22. The van der Waals surface area contributed by atoms with Crippen LogP contribution in [-0.4, -0.2) is 38.7 Å². The minimum atomic E-state index is 0.0510. The third-order valence-electron chi connectivity index (χ3n) is 4.89. The molecule has 0 bridgehead atoms. The molecule has 2 atom stereocenters. The Bertz CT molecular complexity index is 702. The average Bonchev–Trinajstić information content (AvgIpc) is 3.20. The van der Waals surface area contributed by atoms with Crippen molar-refractivity contribution in [2.75, 3.05) is 13.1 Å². The first-order chi connectivity index (χ1) is 11.2. The zero-order chi connectivity index (χ0) is 15.8. The Morgan fingerprint density at radius 1 is 1.35 bits per heavy atom. The molecule has 1 aromatic carbocycles. The molecule has 2 aromatic rings. The van der Waals surface area contributed by atoms with Gasteiger partial charge in [0, 0.05) is 30.4 Å². The van der Waals surface area contributed by atoms with Crippen molar-refractivity contribution in [3.8, 4) is 0 Å². The van der Waals surface area contributed by atoms with Crippen molar-refractivity contribution in [3.05, 3.63) is 48.0 Å². The lowest BCUT2D eigenvalue weighted by molar-refractivity contribution is -0.132. The van der Waals surface area contributed by atoms with Crippen molar-refractivity contribution in [1.29, 1.82) is 0 Å². The van der Waals surface area contributed by atoms with Crippen LogP contribution < -0.4 is 0 Å². The number of rotatable bonds is 2. The summed E-state index contributed by atoms with van der Waals surface area (Å²) in [6, 6.07) is 8.75. The van der Waals surface area contributed by atoms with E-state index in [1.807, 2.05) is 19.3 Å². The molecule has 1 fully saturated rings. The predicted molar refractivity (Wildman–Crippen MR) is 91.6 cm³/mol. The van der Waals surface area contributed by atoms with E-state index >= 15 is 0 Å². The SMILES string of the molecule is Cc1nccn1[C@@H]1CCCN(C(=O)[C@@H]2Cc3ccccc3S2)C1. The highest BCUT2D eigenvalue weighted by atomic mass is 32.2. The highest BCUT2D eigenvalue weighted by Gasteiger charge is 2.34. The van der Waals surface area contributed by atoms with Gasteiger partial charge in [0.25, 0.3) is 0 Å². The third-order valence-corrected chi connectivity index (χ3v) is 6.19. The van der Waals surface area contributed by atoms with Gasteiger partial charge in [-0.3, -0.25) is 4.79 Å². The van der Waals surface area contributed by atoms with E-state index in [1.54, 1.807) is 11.8 Å². The molecule has 1 saturated heterocycles. The number of likely N-dealkylation sites (tertiary alicyclic amines) is 1. The lowest BCUT2D eigenvalue weighted by Gasteiger charge is -2.35. The molecule has 0 saturated carbocycles. The normalized spacial score (nSPS) is 23.8. The Labute approximate surface area is 140 Å². The summed E-state index contributed by atoms with van der Waals surface area (Å²) in [6.45, 7) is 3.73. The van der Waals surface area contributed by atoms with Crippen molar-refractivity contribution in [2.24, 2.45) is 0 Å². The fourth-order valence-corrected chi connectivity index (χ4v) is 4.96. The predicted octanol–water partition coefficient (Wildman–Crippen LogP) is 3.07. The zero-order valence-electron chi connectivity index (χ0n) is 13.3. The number of imidazole rings is 1. The Hall–Kier alpha value is -1.75. The number of piperidine rings is 1. The van der Waals surface area contributed by atoms with Crippen molar-refractivity contribution >= 4 is 17.7 Å². The molecule has 4 nitrogen and oxygen atoms in total. The van der Waals surface area contributed by atoms with Gasteiger partial charge in [-0.1, -0.05) is 18.2 Å². The number of hydrogen-bond acceptors (Lipinski definition) is 3. The summed E-state index contributed by atoms with van der Waals surface area (Å²) in [4.78, 5) is 20.6. The van der Waals surface area contributed by atoms with E-state index in [0.717, 1.165) is 38.2 Å². The monoisotopic (exact) mass is 327 g/mol. The van der Waals surface area contributed by atoms with Crippen molar-refractivity contribution < 1.29 is 4.79 Å². The largest absolute Gasteiger partial charge is 0.340 e. The minimum Gasteiger partial charge on any atom is -0.340 e. The number of carbonyl (C=O) groups excluding carboxylic acids is 1. The van der Waals surface area contributed by atoms with Gasteiger partial charge < -0.3 is 9.47 Å². The van der Waals surface area contributed by atoms with E-state index in [1.165, 1.54) is 10.5 Å². The first-order valence-electron chi connectivity index (χ1n) is 8.25. The molecule has 3 heterocycles. The molecule has 120 valence electrons. The number of carbonyl (C=O) groups is 1. The third kappa shape index (κ3) is 2.78. The van der Waals surface area contributed by atoms with Gasteiger partial charge in [-0.2, -0.15) is 0 Å². The van der Waals surface area contributed by atoms with Crippen LogP contribution in [0.15, 0.2) is 41.6 Å². The van der Waals surface area contributed by atoms with E-state index in [2.05, 4.69) is 38.7 Å². The summed E-state index contributed by atoms with van der Waals surface area (Å²) in [5, 5.41) is 0.0510. The molecule has 0 spiro atoms. The fraction of sp³-hybridized carbons (Fsp3) is 0.444. The van der Waals surface area contributed by atoms with Crippen LogP contribution in [-0.2, 0) is 11.2 Å². The molecule has 1 amide bonds. The fourth-order valence-electron chi connectivity index (χ4n) is 3.68. The molecule has 2 aliphatic rings. The molecule has 0 unspecified atom stereocenters. The van der Waals surface area contributed by atoms with Gasteiger partial charge in [0.2, 0.25) is 5.91 Å². The topological polar surface area (TPSA) is 38.1 Å². The molecule has 0 aliphatic carbocycles. The second kappa shape index (κ2) is 6.04. The van der Waals surface area contributed by atoms with E-state index in [0.29, 0.717) is 11.9 Å². The molecular weight excluding hydrogens is 306 g/mol. The van der Waals surface area contributed by atoms with E-state index in [9.17, 15) is 4.79 Å². The molecule has 0 radical (unpaired) electrons. The van der Waals surface area contributed by atoms with Crippen molar-refractivity contribution in [3.63, 3.8) is 0 Å². The first-order valence-corrected chi connectivity index (χ1v) is 9.13. The van der Waals surface area contributed by atoms with Crippen LogP contribution >= 0.6 is 11.8 Å². The Morgan fingerprint density at radius 2 is 2.22 bits per heavy atom. The quantitative estimate of drug-likeness (QED) is 0.851. The minimum absolute atomic E-state index is 0.0510. The van der Waals surface area contributed by atoms with Crippen LogP contribution in [0.1, 0.15) is 30.3 Å². The van der Waals surface area contributed by atoms with Crippen LogP contribution in [0.5, 0.6) is 0 Å². The number of aromatic nitrogens is 2. The van der Waals surface area contributed by atoms with Gasteiger partial charge in [-0.05, 0) is 37.8 Å². The summed E-state index contributed by atoms with van der Waals surface area (Å²) in [5.74, 6) is 1.33. The number of hydrogen-bond donors (Lipinski definition) is 0. The molecule has 2 aliphatic heterocycles. The summed E-state index contributed by atoms with van der Waals surface area (Å²) in [5.41, 5.74) is 1.31. The van der Waals surface area contributed by atoms with E-state index < -0.39 is 0 Å². The van der Waals surface area contributed by atoms with Crippen LogP contribution in [0.3, 0.4) is 0 Å². The van der Waals surface area contributed by atoms with Gasteiger partial charge in [-0.25, -0.2) is 4.98 Å². The van der Waals surface area contributed by atoms with Crippen molar-refractivity contribution in [1.82, 2.24) is 14.5 Å². The molecular formula is C18H21N3OS. The molecule has 1 aromatic heterocycles. The standard InChI is InChI=1S/C18H21N3OS/c1-13-19-8-10-21(13)15-6-4-9-20(12-15)18(22)17-11-14-5-2-3-7-16(14)23-17/h2-3,5,7-8,10,15,17H,4,6,9,11-12H2,1H3/t15-,17+/m1/s1. The van der Waals surface area contributed by atoms with Gasteiger partial charge in [0.1, 0.15) is 5.82 Å². The Kier molecular flexibility index (Phi) is 3.89. The highest BCUT2D eigenvalue weighted by Crippen LogP contribution is 2.38. The second-order valence-electron chi connectivity index (χ2n) is 6.38. The number of thioether (sulfide) groups is 1. The number of aryl methyl sites for hydroxylation is 1. The van der Waals surface area contributed by atoms with Gasteiger partial charge in [0.15, 0.2) is 0 Å². The van der Waals surface area contributed by atoms with Crippen LogP contribution in [0.4, 0.5) is 0 Å². The second-order valence-corrected chi connectivity index (χ2v) is 7.62. The van der Waals surface area contributed by atoms with Gasteiger partial charge >= 0.3 is 0 Å². The summed E-state index contributed by atoms with van der Waals surface area (Å²) in [6.07, 6.45) is 6.94. The maximum absolute atomic E-state index is 12.9. The average molecular weight is 327 g/mol. The lowest BCUT2D eigenvalue weighted by atomic mass is 10.0. The highest BCUT2D eigenvalue weighted by molar-refractivity contribution is 8.01. The van der Waals surface area contributed by atoms with Crippen LogP contribution in [0.25, 0.3) is 0 Å². The molecule has 4 rings (SSSR count). The lowest BCUT2D eigenvalue weighted by Crippen LogP contribution is -2.44. The Balaban J connectivity index is 1.46. The summed E-state index contributed by atoms with van der Waals surface area (Å²) in [7, 11) is 0. The molecule has 0 N–H and O–H groups in total. The smallest absolute Gasteiger partial charge is 0.236 e. The number of fused-ring (bicyclic) bond motifs is 1. The van der Waals surface area contributed by atoms with Gasteiger partial charge in [0.05, 0.1) is 11.3 Å². The van der Waals surface area contributed by atoms with Crippen LogP contribution in [0.2, 0.25) is 0 Å². The zero-order valence-corrected chi connectivity index (χ0v) is 14.1. The summed E-state index contributed by atoms with van der Waals surface area (Å²) >= 11 is 1.73. The van der Waals surface area contributed by atoms with E-state index in [4.69, 9.17) is 0 Å². The number of nitrogens with zero attached hydrogens (tertiary/aromatic N) is 3. The molecule has 5 heteroatoms. The first kappa shape index (κ1) is 14.8. The maximum Gasteiger partial charge on any atom is 0.236 e. The van der Waals surface area contributed by atoms with Crippen molar-refractivity contribution in [2.45, 2.75) is 42.4 Å². The Morgan fingerprint density at radius 3 is 3.00 bits per heavy atom. The number of benzene rings is 1.